The second-order valence-electron chi connectivity index (χ2n) is 9.94. The third kappa shape index (κ3) is 6.00. The van der Waals surface area contributed by atoms with E-state index in [-0.39, 0.29) is 18.1 Å². The summed E-state index contributed by atoms with van der Waals surface area (Å²) in [7, 11) is 0. The summed E-state index contributed by atoms with van der Waals surface area (Å²) in [6, 6.07) is 34.5. The number of aliphatic hydroxyl groups is 1. The van der Waals surface area contributed by atoms with Gasteiger partial charge in [-0.15, -0.1) is 0 Å². The van der Waals surface area contributed by atoms with Crippen LogP contribution in [0.1, 0.15) is 40.3 Å². The molecule has 4 aromatic rings. The summed E-state index contributed by atoms with van der Waals surface area (Å²) in [4.78, 5) is 18.0. The predicted molar refractivity (Wildman–Crippen MR) is 148 cm³/mol. The largest absolute Gasteiger partial charge is 0.391 e. The number of hydrogen-bond acceptors (Lipinski definition) is 3. The monoisotopic (exact) mass is 519 g/mol. The van der Waals surface area contributed by atoms with Crippen LogP contribution in [-0.4, -0.2) is 33.1 Å². The Bertz CT molecular complexity index is 1440. The maximum Gasteiger partial charge on any atom is 0.321 e. The Hall–Kier alpha value is -4.47. The van der Waals surface area contributed by atoms with Gasteiger partial charge in [0.05, 0.1) is 23.8 Å². The van der Waals surface area contributed by atoms with E-state index < -0.39 is 24.0 Å². The average molecular weight is 520 g/mol. The lowest BCUT2D eigenvalue weighted by Crippen LogP contribution is -2.49. The van der Waals surface area contributed by atoms with E-state index in [4.69, 9.17) is 0 Å². The molecule has 2 amide bonds. The minimum Gasteiger partial charge on any atom is -0.391 e. The van der Waals surface area contributed by atoms with Crippen LogP contribution in [0.4, 0.5) is 9.18 Å². The number of rotatable bonds is 7. The van der Waals surface area contributed by atoms with Gasteiger partial charge in [0.15, 0.2) is 0 Å². The molecule has 0 bridgehead atoms. The van der Waals surface area contributed by atoms with Gasteiger partial charge in [0.25, 0.3) is 0 Å². The summed E-state index contributed by atoms with van der Waals surface area (Å²) in [5, 5.41) is 21.1. The first-order valence-corrected chi connectivity index (χ1v) is 13.1. The second-order valence-corrected chi connectivity index (χ2v) is 9.94. The summed E-state index contributed by atoms with van der Waals surface area (Å²) in [5.74, 6) is -0.591. The van der Waals surface area contributed by atoms with Crippen molar-refractivity contribution in [1.82, 2.24) is 9.80 Å². The summed E-state index contributed by atoms with van der Waals surface area (Å²) >= 11 is 0. The Morgan fingerprint density at radius 3 is 2.03 bits per heavy atom. The summed E-state index contributed by atoms with van der Waals surface area (Å²) in [5.41, 5.74) is 3.50. The van der Waals surface area contributed by atoms with E-state index in [9.17, 15) is 19.6 Å². The van der Waals surface area contributed by atoms with Crippen molar-refractivity contribution in [2.24, 2.45) is 0 Å². The highest BCUT2D eigenvalue weighted by molar-refractivity contribution is 5.76. The van der Waals surface area contributed by atoms with Crippen LogP contribution >= 0.6 is 0 Å². The molecule has 1 heterocycles. The van der Waals surface area contributed by atoms with Crippen molar-refractivity contribution in [3.63, 3.8) is 0 Å². The molecule has 6 heteroatoms. The van der Waals surface area contributed by atoms with Gasteiger partial charge < -0.3 is 14.9 Å². The average Bonchev–Trinajstić information content (AvgIpc) is 3.06. The first-order chi connectivity index (χ1) is 19.0. The third-order valence-electron chi connectivity index (χ3n) is 7.35. The van der Waals surface area contributed by atoms with Gasteiger partial charge in [-0.2, -0.15) is 5.26 Å². The fourth-order valence-electron chi connectivity index (χ4n) is 5.35. The van der Waals surface area contributed by atoms with E-state index in [0.717, 1.165) is 16.7 Å². The molecule has 1 N–H and O–H groups in total. The number of amides is 2. The van der Waals surface area contributed by atoms with Crippen molar-refractivity contribution >= 4 is 6.03 Å². The molecule has 0 aliphatic carbocycles. The Labute approximate surface area is 228 Å². The van der Waals surface area contributed by atoms with Gasteiger partial charge in [0.1, 0.15) is 11.9 Å². The molecular weight excluding hydrogens is 489 g/mol. The molecule has 4 aromatic carbocycles. The topological polar surface area (TPSA) is 67.6 Å². The zero-order valence-electron chi connectivity index (χ0n) is 21.5. The number of benzene rings is 4. The van der Waals surface area contributed by atoms with Crippen LogP contribution in [0.2, 0.25) is 0 Å². The van der Waals surface area contributed by atoms with Crippen LogP contribution < -0.4 is 0 Å². The van der Waals surface area contributed by atoms with Crippen LogP contribution in [0.3, 0.4) is 0 Å². The second kappa shape index (κ2) is 11.9. The number of aliphatic hydroxyl groups excluding tert-OH is 1. The van der Waals surface area contributed by atoms with E-state index in [2.05, 4.69) is 0 Å². The van der Waals surface area contributed by atoms with Gasteiger partial charge in [-0.25, -0.2) is 9.18 Å². The van der Waals surface area contributed by atoms with Crippen LogP contribution in [0.15, 0.2) is 109 Å². The molecular formula is C33H30FN3O2. The molecule has 196 valence electrons. The SMILES string of the molecule is N#Cc1cc(CN2C(=O)N(Cc3ccccc3)C(Cc3ccccc3)C(O)CC2c2ccccc2)ccc1F. The number of carbonyl (C=O) groups is 1. The van der Waals surface area contributed by atoms with Crippen molar-refractivity contribution in [3.8, 4) is 6.07 Å². The van der Waals surface area contributed by atoms with Gasteiger partial charge in [-0.3, -0.25) is 0 Å². The summed E-state index contributed by atoms with van der Waals surface area (Å²) < 4.78 is 14.1. The zero-order valence-corrected chi connectivity index (χ0v) is 21.5. The Morgan fingerprint density at radius 2 is 1.38 bits per heavy atom. The zero-order chi connectivity index (χ0) is 27.2. The first kappa shape index (κ1) is 26.1. The molecule has 0 saturated carbocycles. The van der Waals surface area contributed by atoms with Crippen LogP contribution in [0.25, 0.3) is 0 Å². The molecule has 0 spiro atoms. The smallest absolute Gasteiger partial charge is 0.321 e. The number of hydrogen-bond donors (Lipinski definition) is 1. The molecule has 1 aliphatic heterocycles. The molecule has 3 atom stereocenters. The van der Waals surface area contributed by atoms with Crippen molar-refractivity contribution < 1.29 is 14.3 Å². The van der Waals surface area contributed by atoms with Crippen molar-refractivity contribution in [3.05, 3.63) is 143 Å². The van der Waals surface area contributed by atoms with Gasteiger partial charge in [0.2, 0.25) is 0 Å². The van der Waals surface area contributed by atoms with Gasteiger partial charge in [-0.1, -0.05) is 97.1 Å². The highest BCUT2D eigenvalue weighted by Gasteiger charge is 2.41. The molecule has 39 heavy (non-hydrogen) atoms. The summed E-state index contributed by atoms with van der Waals surface area (Å²) in [6.07, 6.45) is 0.0478. The minimum absolute atomic E-state index is 0.0610. The van der Waals surface area contributed by atoms with Crippen molar-refractivity contribution in [2.45, 2.75) is 44.1 Å². The molecule has 5 rings (SSSR count). The summed E-state index contributed by atoms with van der Waals surface area (Å²) in [6.45, 7) is 0.503. The number of carbonyl (C=O) groups excluding carboxylic acids is 1. The van der Waals surface area contributed by atoms with Crippen molar-refractivity contribution in [1.29, 1.82) is 5.26 Å². The van der Waals surface area contributed by atoms with E-state index in [0.29, 0.717) is 24.9 Å². The van der Waals surface area contributed by atoms with Crippen LogP contribution in [0.5, 0.6) is 0 Å². The first-order valence-electron chi connectivity index (χ1n) is 13.1. The Kier molecular flexibility index (Phi) is 8.00. The molecule has 1 fully saturated rings. The Morgan fingerprint density at radius 1 is 0.795 bits per heavy atom. The standard InChI is InChI=1S/C33H30FN3O2/c34-29-17-16-26(18-28(29)21-35)23-36-30(27-14-8-3-9-15-27)20-32(38)31(19-24-10-4-1-5-11-24)37(33(36)39)22-25-12-6-2-7-13-25/h1-18,30-32,38H,19-20,22-23H2. The van der Waals surface area contributed by atoms with Gasteiger partial charge >= 0.3 is 6.03 Å². The highest BCUT2D eigenvalue weighted by atomic mass is 19.1. The maximum absolute atomic E-state index is 14.5. The fraction of sp³-hybridized carbons (Fsp3) is 0.212. The maximum atomic E-state index is 14.5. The van der Waals surface area contributed by atoms with Crippen molar-refractivity contribution in [2.75, 3.05) is 0 Å². The van der Waals surface area contributed by atoms with E-state index in [1.54, 1.807) is 15.9 Å². The predicted octanol–water partition coefficient (Wildman–Crippen LogP) is 6.24. The third-order valence-corrected chi connectivity index (χ3v) is 7.35. The molecule has 1 saturated heterocycles. The van der Waals surface area contributed by atoms with E-state index in [1.165, 1.54) is 12.1 Å². The van der Waals surface area contributed by atoms with Crippen LogP contribution in [0, 0.1) is 17.1 Å². The van der Waals surface area contributed by atoms with E-state index in [1.807, 2.05) is 97.1 Å². The molecule has 3 unspecified atom stereocenters. The van der Waals surface area contributed by atoms with Gasteiger partial charge in [0, 0.05) is 19.5 Å². The quantitative estimate of drug-likeness (QED) is 0.314. The molecule has 5 nitrogen and oxygen atoms in total. The van der Waals surface area contributed by atoms with E-state index >= 15 is 0 Å². The number of urea groups is 1. The minimum atomic E-state index is -0.795. The lowest BCUT2D eigenvalue weighted by molar-refractivity contribution is 0.0660. The number of nitriles is 1. The number of nitrogens with zero attached hydrogens (tertiary/aromatic N) is 3. The Balaban J connectivity index is 1.58. The fourth-order valence-corrected chi connectivity index (χ4v) is 5.35. The molecule has 1 aliphatic rings. The lowest BCUT2D eigenvalue weighted by atomic mass is 9.93. The van der Waals surface area contributed by atoms with Gasteiger partial charge in [-0.05, 0) is 40.8 Å². The number of halogens is 1. The molecule has 0 radical (unpaired) electrons. The lowest BCUT2D eigenvalue weighted by Gasteiger charge is -2.36. The molecule has 0 aromatic heterocycles. The normalized spacial score (nSPS) is 19.4. The highest BCUT2D eigenvalue weighted by Crippen LogP contribution is 2.35. The van der Waals surface area contributed by atoms with Crippen LogP contribution in [-0.2, 0) is 19.5 Å².